The topological polar surface area (TPSA) is 93.2 Å². The fourth-order valence-electron chi connectivity index (χ4n) is 2.95. The van der Waals surface area contributed by atoms with Crippen molar-refractivity contribution in [1.82, 2.24) is 20.8 Å². The average molecular weight is 352 g/mol. The molecule has 1 unspecified atom stereocenters. The summed E-state index contributed by atoms with van der Waals surface area (Å²) in [6.07, 6.45) is 2.94. The summed E-state index contributed by atoms with van der Waals surface area (Å²) >= 11 is 0. The SMILES string of the molecule is CNC(=O)N/C=C(\C=O)c1cc(C2C[C@@H]2c2ccccc2)c(OC)nn1. The lowest BCUT2D eigenvalue weighted by Gasteiger charge is -2.09. The predicted octanol–water partition coefficient (Wildman–Crippen LogP) is 2.23. The molecule has 3 rings (SSSR count). The molecule has 0 spiro atoms. The molecule has 2 atom stereocenters. The minimum atomic E-state index is -0.419. The van der Waals surface area contributed by atoms with E-state index in [-0.39, 0.29) is 11.5 Å². The third-order valence-corrected chi connectivity index (χ3v) is 4.41. The lowest BCUT2D eigenvalue weighted by Crippen LogP contribution is -2.28. The Morgan fingerprint density at radius 2 is 2.00 bits per heavy atom. The molecule has 134 valence electrons. The molecule has 1 aliphatic rings. The summed E-state index contributed by atoms with van der Waals surface area (Å²) in [6.45, 7) is 0. The molecule has 1 aromatic carbocycles. The van der Waals surface area contributed by atoms with Crippen LogP contribution >= 0.6 is 0 Å². The minimum Gasteiger partial charge on any atom is -0.480 e. The summed E-state index contributed by atoms with van der Waals surface area (Å²) in [7, 11) is 3.04. The number of aldehydes is 1. The van der Waals surface area contributed by atoms with Gasteiger partial charge >= 0.3 is 6.03 Å². The first-order valence-electron chi connectivity index (χ1n) is 8.28. The van der Waals surface area contributed by atoms with Crippen molar-refractivity contribution in [2.24, 2.45) is 0 Å². The molecule has 2 amide bonds. The van der Waals surface area contributed by atoms with E-state index in [9.17, 15) is 9.59 Å². The molecule has 1 aliphatic carbocycles. The molecule has 26 heavy (non-hydrogen) atoms. The normalized spacial score (nSPS) is 18.8. The van der Waals surface area contributed by atoms with Crippen molar-refractivity contribution in [1.29, 1.82) is 0 Å². The van der Waals surface area contributed by atoms with Gasteiger partial charge in [-0.2, -0.15) is 0 Å². The molecule has 7 heteroatoms. The van der Waals surface area contributed by atoms with Crippen LogP contribution in [0.3, 0.4) is 0 Å². The number of urea groups is 1. The number of carbonyl (C=O) groups is 2. The van der Waals surface area contributed by atoms with Crippen LogP contribution < -0.4 is 15.4 Å². The van der Waals surface area contributed by atoms with E-state index in [1.165, 1.54) is 18.8 Å². The number of rotatable bonds is 6. The molecule has 0 aliphatic heterocycles. The second-order valence-electron chi connectivity index (χ2n) is 5.99. The molecular weight excluding hydrogens is 332 g/mol. The summed E-state index contributed by atoms with van der Waals surface area (Å²) in [5.74, 6) is 1.12. The van der Waals surface area contributed by atoms with Crippen molar-refractivity contribution in [2.75, 3.05) is 14.2 Å². The number of allylic oxidation sites excluding steroid dienone is 1. The molecule has 1 saturated carbocycles. The van der Waals surface area contributed by atoms with E-state index in [1.807, 2.05) is 24.3 Å². The van der Waals surface area contributed by atoms with Gasteiger partial charge in [-0.1, -0.05) is 30.3 Å². The van der Waals surface area contributed by atoms with Gasteiger partial charge in [0.05, 0.1) is 18.4 Å². The predicted molar refractivity (Wildman–Crippen MR) is 96.8 cm³/mol. The van der Waals surface area contributed by atoms with Crippen LogP contribution in [0.2, 0.25) is 0 Å². The third-order valence-electron chi connectivity index (χ3n) is 4.41. The Labute approximate surface area is 151 Å². The molecule has 0 saturated heterocycles. The molecule has 2 aromatic rings. The first kappa shape index (κ1) is 17.6. The summed E-state index contributed by atoms with van der Waals surface area (Å²) in [4.78, 5) is 22.7. The van der Waals surface area contributed by atoms with Crippen molar-refractivity contribution in [2.45, 2.75) is 18.3 Å². The summed E-state index contributed by atoms with van der Waals surface area (Å²) in [5, 5.41) is 13.0. The lowest BCUT2D eigenvalue weighted by atomic mass is 10.0. The van der Waals surface area contributed by atoms with E-state index in [2.05, 4.69) is 33.0 Å². The standard InChI is InChI=1S/C19H20N4O3/c1-20-19(25)21-10-13(11-24)17-9-16(18(26-2)23-22-17)15-8-14(15)12-6-4-3-5-7-12/h3-7,9-11,14-15H,8H2,1-2H3,(H2,20,21,25)/b13-10+/t14-,15?/m1/s1. The Hall–Kier alpha value is -3.22. The number of nitrogens with one attached hydrogen (secondary N) is 2. The molecule has 7 nitrogen and oxygen atoms in total. The molecule has 1 heterocycles. The number of aromatic nitrogens is 2. The first-order valence-corrected chi connectivity index (χ1v) is 8.28. The highest BCUT2D eigenvalue weighted by atomic mass is 16.5. The number of hydrogen-bond acceptors (Lipinski definition) is 5. The summed E-state index contributed by atoms with van der Waals surface area (Å²) in [5.41, 5.74) is 2.82. The number of hydrogen-bond donors (Lipinski definition) is 2. The van der Waals surface area contributed by atoms with Gasteiger partial charge in [-0.3, -0.25) is 4.79 Å². The second kappa shape index (κ2) is 7.77. The molecule has 1 fully saturated rings. The van der Waals surface area contributed by atoms with Gasteiger partial charge < -0.3 is 15.4 Å². The van der Waals surface area contributed by atoms with Gasteiger partial charge in [0.25, 0.3) is 0 Å². The highest BCUT2D eigenvalue weighted by molar-refractivity contribution is 6.06. The first-order chi connectivity index (χ1) is 12.7. The number of methoxy groups -OCH3 is 1. The van der Waals surface area contributed by atoms with Crippen LogP contribution in [0.1, 0.15) is 35.1 Å². The van der Waals surface area contributed by atoms with Gasteiger partial charge in [-0.25, -0.2) is 4.79 Å². The Kier molecular flexibility index (Phi) is 5.26. The van der Waals surface area contributed by atoms with Crippen molar-refractivity contribution < 1.29 is 14.3 Å². The van der Waals surface area contributed by atoms with Gasteiger partial charge in [0.2, 0.25) is 5.88 Å². The zero-order valence-electron chi connectivity index (χ0n) is 14.6. The Balaban J connectivity index is 1.88. The molecule has 0 radical (unpaired) electrons. The van der Waals surface area contributed by atoms with E-state index >= 15 is 0 Å². The van der Waals surface area contributed by atoms with Crippen LogP contribution in [0.5, 0.6) is 5.88 Å². The van der Waals surface area contributed by atoms with Crippen molar-refractivity contribution in [3.05, 3.63) is 59.4 Å². The lowest BCUT2D eigenvalue weighted by molar-refractivity contribution is -0.103. The smallest absolute Gasteiger partial charge is 0.318 e. The monoisotopic (exact) mass is 352 g/mol. The minimum absolute atomic E-state index is 0.238. The maximum atomic E-state index is 11.4. The molecule has 2 N–H and O–H groups in total. The van der Waals surface area contributed by atoms with Gasteiger partial charge in [0.1, 0.15) is 0 Å². The molecular formula is C19H20N4O3. The van der Waals surface area contributed by atoms with Crippen molar-refractivity contribution in [3.63, 3.8) is 0 Å². The number of nitrogens with zero attached hydrogens (tertiary/aromatic N) is 2. The quantitative estimate of drug-likeness (QED) is 0.614. The number of carbonyl (C=O) groups excluding carboxylic acids is 2. The van der Waals surface area contributed by atoms with Gasteiger partial charge in [-0.15, -0.1) is 10.2 Å². The highest BCUT2D eigenvalue weighted by Gasteiger charge is 2.41. The third kappa shape index (κ3) is 3.72. The van der Waals surface area contributed by atoms with E-state index in [0.29, 0.717) is 23.8 Å². The maximum Gasteiger partial charge on any atom is 0.318 e. The average Bonchev–Trinajstić information content (AvgIpc) is 3.49. The fraction of sp³-hybridized carbons (Fsp3) is 0.263. The number of benzene rings is 1. The number of amides is 2. The fourth-order valence-corrected chi connectivity index (χ4v) is 2.95. The van der Waals surface area contributed by atoms with E-state index in [0.717, 1.165) is 12.0 Å². The maximum absolute atomic E-state index is 11.4. The van der Waals surface area contributed by atoms with Crippen LogP contribution in [0.4, 0.5) is 4.79 Å². The summed E-state index contributed by atoms with van der Waals surface area (Å²) in [6, 6.07) is 11.6. The van der Waals surface area contributed by atoms with E-state index in [4.69, 9.17) is 4.74 Å². The van der Waals surface area contributed by atoms with E-state index in [1.54, 1.807) is 7.11 Å². The van der Waals surface area contributed by atoms with Crippen LogP contribution in [0.15, 0.2) is 42.6 Å². The highest BCUT2D eigenvalue weighted by Crippen LogP contribution is 2.56. The van der Waals surface area contributed by atoms with Crippen LogP contribution in [-0.2, 0) is 4.79 Å². The Morgan fingerprint density at radius 1 is 1.23 bits per heavy atom. The van der Waals surface area contributed by atoms with Crippen molar-refractivity contribution in [3.8, 4) is 5.88 Å². The van der Waals surface area contributed by atoms with Crippen molar-refractivity contribution >= 4 is 17.9 Å². The van der Waals surface area contributed by atoms with Crippen LogP contribution in [0.25, 0.3) is 5.57 Å². The summed E-state index contributed by atoms with van der Waals surface area (Å²) < 4.78 is 5.35. The van der Waals surface area contributed by atoms with Gasteiger partial charge in [0, 0.05) is 18.8 Å². The zero-order chi connectivity index (χ0) is 18.5. The van der Waals surface area contributed by atoms with E-state index < -0.39 is 6.03 Å². The largest absolute Gasteiger partial charge is 0.480 e. The molecule has 1 aromatic heterocycles. The Morgan fingerprint density at radius 3 is 2.65 bits per heavy atom. The second-order valence-corrected chi connectivity index (χ2v) is 5.99. The van der Waals surface area contributed by atoms with Crippen LogP contribution in [-0.4, -0.2) is 36.7 Å². The van der Waals surface area contributed by atoms with Gasteiger partial charge in [0.15, 0.2) is 6.29 Å². The Bertz CT molecular complexity index is 836. The zero-order valence-corrected chi connectivity index (χ0v) is 14.6. The number of ether oxygens (including phenoxy) is 1. The molecule has 0 bridgehead atoms. The van der Waals surface area contributed by atoms with Gasteiger partial charge in [-0.05, 0) is 29.9 Å². The van der Waals surface area contributed by atoms with Crippen LogP contribution in [0, 0.1) is 0 Å².